The summed E-state index contributed by atoms with van der Waals surface area (Å²) in [6.07, 6.45) is 2.41. The van der Waals surface area contributed by atoms with Crippen molar-refractivity contribution in [1.82, 2.24) is 19.8 Å². The van der Waals surface area contributed by atoms with Gasteiger partial charge in [0.1, 0.15) is 17.6 Å². The fourth-order valence-electron chi connectivity index (χ4n) is 2.84. The van der Waals surface area contributed by atoms with Crippen LogP contribution in [0.1, 0.15) is 43.5 Å². The molecule has 0 saturated carbocycles. The summed E-state index contributed by atoms with van der Waals surface area (Å²) >= 11 is 0. The molecular weight excluding hydrogens is 382 g/mol. The van der Waals surface area contributed by atoms with E-state index in [2.05, 4.69) is 10.3 Å². The second kappa shape index (κ2) is 9.99. The highest BCUT2D eigenvalue weighted by molar-refractivity contribution is 5.99. The van der Waals surface area contributed by atoms with Crippen LogP contribution in [0.15, 0.2) is 36.7 Å². The third-order valence-corrected chi connectivity index (χ3v) is 4.36. The number of hydrogen-bond acceptors (Lipinski definition) is 4. The molecule has 2 rings (SSSR count). The molecule has 2 aromatic rings. The maximum atomic E-state index is 13.0. The van der Waals surface area contributed by atoms with Gasteiger partial charge in [0.2, 0.25) is 5.91 Å². The summed E-state index contributed by atoms with van der Waals surface area (Å²) < 4.78 is 32.2. The van der Waals surface area contributed by atoms with E-state index in [-0.39, 0.29) is 18.3 Å². The van der Waals surface area contributed by atoms with Crippen molar-refractivity contribution in [3.8, 4) is 5.75 Å². The van der Waals surface area contributed by atoms with Crippen LogP contribution >= 0.6 is 0 Å². The summed E-state index contributed by atoms with van der Waals surface area (Å²) in [4.78, 5) is 30.9. The van der Waals surface area contributed by atoms with E-state index in [9.17, 15) is 18.4 Å². The van der Waals surface area contributed by atoms with Crippen LogP contribution in [-0.2, 0) is 11.3 Å². The largest absolute Gasteiger partial charge is 0.493 e. The Kier molecular flexibility index (Phi) is 7.69. The fraction of sp³-hybridized carbons (Fsp3) is 0.450. The van der Waals surface area contributed by atoms with Crippen molar-refractivity contribution in [3.05, 3.63) is 48.0 Å². The van der Waals surface area contributed by atoms with Crippen LogP contribution in [-0.4, -0.2) is 46.0 Å². The van der Waals surface area contributed by atoms with Gasteiger partial charge in [-0.3, -0.25) is 14.2 Å². The molecule has 0 spiro atoms. The van der Waals surface area contributed by atoms with Crippen molar-refractivity contribution in [2.24, 2.45) is 5.92 Å². The lowest BCUT2D eigenvalue weighted by atomic mass is 10.0. The predicted molar refractivity (Wildman–Crippen MR) is 104 cm³/mol. The Labute approximate surface area is 168 Å². The van der Waals surface area contributed by atoms with Crippen LogP contribution in [0.5, 0.6) is 5.75 Å². The Morgan fingerprint density at radius 3 is 2.59 bits per heavy atom. The van der Waals surface area contributed by atoms with Crippen molar-refractivity contribution in [3.63, 3.8) is 0 Å². The molecule has 0 aliphatic carbocycles. The number of rotatable bonds is 9. The summed E-state index contributed by atoms with van der Waals surface area (Å²) in [5, 5.41) is 2.74. The summed E-state index contributed by atoms with van der Waals surface area (Å²) in [6, 6.07) is 5.93. The minimum absolute atomic E-state index is 0.0615. The number of nitrogens with zero attached hydrogens (tertiary/aromatic N) is 3. The average Bonchev–Trinajstić information content (AvgIpc) is 3.14. The number of imidazole rings is 1. The van der Waals surface area contributed by atoms with E-state index in [1.165, 1.54) is 18.1 Å². The third kappa shape index (κ3) is 5.52. The molecule has 1 aromatic carbocycles. The van der Waals surface area contributed by atoms with Crippen molar-refractivity contribution in [1.29, 1.82) is 0 Å². The average molecular weight is 408 g/mol. The molecule has 0 bridgehead atoms. The number of ether oxygens (including phenoxy) is 1. The van der Waals surface area contributed by atoms with E-state index in [0.717, 1.165) is 6.20 Å². The summed E-state index contributed by atoms with van der Waals surface area (Å²) in [5.41, 5.74) is 0.323. The zero-order chi connectivity index (χ0) is 21.6. The van der Waals surface area contributed by atoms with E-state index in [4.69, 9.17) is 4.74 Å². The highest BCUT2D eigenvalue weighted by Crippen LogP contribution is 2.19. The molecule has 1 unspecified atom stereocenters. The number of alkyl halides is 2. The van der Waals surface area contributed by atoms with Crippen LogP contribution in [0.3, 0.4) is 0 Å². The molecule has 29 heavy (non-hydrogen) atoms. The quantitative estimate of drug-likeness (QED) is 0.692. The number of hydrogen-bond donors (Lipinski definition) is 1. The first-order chi connectivity index (χ1) is 13.8. The number of amides is 2. The summed E-state index contributed by atoms with van der Waals surface area (Å²) in [7, 11) is 1.49. The minimum atomic E-state index is -2.74. The number of carbonyl (C=O) groups is 2. The smallest absolute Gasteiger partial charge is 0.319 e. The van der Waals surface area contributed by atoms with Gasteiger partial charge in [0.25, 0.3) is 5.91 Å². The van der Waals surface area contributed by atoms with Gasteiger partial charge in [0.15, 0.2) is 0 Å². The summed E-state index contributed by atoms with van der Waals surface area (Å²) in [5.74, 6) is -0.571. The Bertz CT molecular complexity index is 839. The first kappa shape index (κ1) is 22.3. The Morgan fingerprint density at radius 2 is 1.97 bits per heavy atom. The van der Waals surface area contributed by atoms with E-state index < -0.39 is 24.4 Å². The van der Waals surface area contributed by atoms with Gasteiger partial charge in [-0.1, -0.05) is 26.0 Å². The molecule has 1 aromatic heterocycles. The van der Waals surface area contributed by atoms with E-state index in [1.807, 2.05) is 6.92 Å². The first-order valence-electron chi connectivity index (χ1n) is 9.33. The second-order valence-electron chi connectivity index (χ2n) is 6.85. The lowest BCUT2D eigenvalue weighted by molar-refractivity contribution is -0.133. The predicted octanol–water partition coefficient (Wildman–Crippen LogP) is 3.09. The topological polar surface area (TPSA) is 76.5 Å². The van der Waals surface area contributed by atoms with Gasteiger partial charge < -0.3 is 15.0 Å². The summed E-state index contributed by atoms with van der Waals surface area (Å²) in [6.45, 7) is 2.96. The fourth-order valence-corrected chi connectivity index (χ4v) is 2.84. The van der Waals surface area contributed by atoms with Gasteiger partial charge >= 0.3 is 6.55 Å². The van der Waals surface area contributed by atoms with E-state index in [0.29, 0.717) is 22.5 Å². The molecule has 0 radical (unpaired) electrons. The van der Waals surface area contributed by atoms with Gasteiger partial charge in [-0.05, 0) is 25.0 Å². The lowest BCUT2D eigenvalue weighted by Crippen LogP contribution is -2.50. The lowest BCUT2D eigenvalue weighted by Gasteiger charge is -2.27. The highest BCUT2D eigenvalue weighted by Gasteiger charge is 2.29. The molecule has 0 aliphatic rings. The Balaban J connectivity index is 2.15. The third-order valence-electron chi connectivity index (χ3n) is 4.36. The number of aromatic nitrogens is 2. The second-order valence-corrected chi connectivity index (χ2v) is 6.85. The standard InChI is InChI=1S/C20H26F2N4O3/c1-5-29-15-9-7-6-8-14(15)18(27)24-17(13(2)3)19(28)25(4)12-16-23-10-11-26(16)20(21)22/h6-11,13,17,20H,5,12H2,1-4H3,(H,24,27). The Hall–Kier alpha value is -2.97. The Morgan fingerprint density at radius 1 is 1.28 bits per heavy atom. The van der Waals surface area contributed by atoms with Crippen molar-refractivity contribution >= 4 is 11.8 Å². The van der Waals surface area contributed by atoms with Crippen LogP contribution < -0.4 is 10.1 Å². The molecule has 2 amide bonds. The van der Waals surface area contributed by atoms with E-state index >= 15 is 0 Å². The molecule has 158 valence electrons. The van der Waals surface area contributed by atoms with Crippen LogP contribution in [0.4, 0.5) is 8.78 Å². The monoisotopic (exact) mass is 408 g/mol. The van der Waals surface area contributed by atoms with Crippen LogP contribution in [0.25, 0.3) is 0 Å². The normalized spacial score (nSPS) is 12.1. The molecule has 1 N–H and O–H groups in total. The molecule has 0 saturated heterocycles. The van der Waals surface area contributed by atoms with Gasteiger partial charge in [0.05, 0.1) is 18.7 Å². The SMILES string of the molecule is CCOc1ccccc1C(=O)NC(C(=O)N(C)Cc1nccn1C(F)F)C(C)C. The molecular formula is C20H26F2N4O3. The number of benzene rings is 1. The van der Waals surface area contributed by atoms with Crippen molar-refractivity contribution < 1.29 is 23.1 Å². The molecule has 9 heteroatoms. The molecule has 1 heterocycles. The first-order valence-corrected chi connectivity index (χ1v) is 9.33. The maximum absolute atomic E-state index is 13.0. The highest BCUT2D eigenvalue weighted by atomic mass is 19.3. The number of nitrogens with one attached hydrogen (secondary N) is 1. The zero-order valence-corrected chi connectivity index (χ0v) is 16.9. The molecule has 0 aliphatic heterocycles. The zero-order valence-electron chi connectivity index (χ0n) is 16.9. The molecule has 7 nitrogen and oxygen atoms in total. The van der Waals surface area contributed by atoms with Gasteiger partial charge in [-0.25, -0.2) is 4.98 Å². The number of halogens is 2. The van der Waals surface area contributed by atoms with Crippen LogP contribution in [0, 0.1) is 5.92 Å². The molecule has 0 fully saturated rings. The van der Waals surface area contributed by atoms with Crippen molar-refractivity contribution in [2.75, 3.05) is 13.7 Å². The molecule has 1 atom stereocenters. The van der Waals surface area contributed by atoms with Gasteiger partial charge in [-0.2, -0.15) is 8.78 Å². The van der Waals surface area contributed by atoms with Crippen molar-refractivity contribution in [2.45, 2.75) is 39.9 Å². The van der Waals surface area contributed by atoms with Crippen LogP contribution in [0.2, 0.25) is 0 Å². The van der Waals surface area contributed by atoms with Gasteiger partial charge in [-0.15, -0.1) is 0 Å². The van der Waals surface area contributed by atoms with Gasteiger partial charge in [0, 0.05) is 19.4 Å². The number of likely N-dealkylation sites (N-methyl/N-ethyl adjacent to an activating group) is 1. The number of para-hydroxylation sites is 1. The minimum Gasteiger partial charge on any atom is -0.493 e. The van der Waals surface area contributed by atoms with E-state index in [1.54, 1.807) is 38.1 Å². The number of carbonyl (C=O) groups excluding carboxylic acids is 2. The maximum Gasteiger partial charge on any atom is 0.319 e.